The summed E-state index contributed by atoms with van der Waals surface area (Å²) in [4.78, 5) is 6.47. The maximum atomic E-state index is 4.50. The van der Waals surface area contributed by atoms with E-state index in [1.165, 1.54) is 0 Å². The van der Waals surface area contributed by atoms with E-state index in [9.17, 15) is 0 Å². The predicted octanol–water partition coefficient (Wildman–Crippen LogP) is 2.20. The number of aromatic nitrogens is 2. The maximum absolute atomic E-state index is 4.50. The third kappa shape index (κ3) is 1.18. The topological polar surface area (TPSA) is 21.1 Å². The van der Waals surface area contributed by atoms with Crippen LogP contribution >= 0.6 is 0 Å². The summed E-state index contributed by atoms with van der Waals surface area (Å²) >= 11 is 0. The van der Waals surface area contributed by atoms with Crippen LogP contribution in [0, 0.1) is 0 Å². The molecule has 1 heterocycles. The van der Waals surface area contributed by atoms with Gasteiger partial charge in [0.1, 0.15) is 0 Å². The van der Waals surface area contributed by atoms with E-state index in [2.05, 4.69) is 11.6 Å². The van der Waals surface area contributed by atoms with Crippen molar-refractivity contribution in [1.29, 1.82) is 0 Å². The smallest absolute Gasteiger partial charge is 0.210 e. The minimum absolute atomic E-state index is 0.904. The lowest BCUT2D eigenvalue weighted by molar-refractivity contribution is 1.000. The van der Waals surface area contributed by atoms with Crippen LogP contribution in [-0.2, 0) is 0 Å². The van der Waals surface area contributed by atoms with Gasteiger partial charge in [-0.15, -0.1) is 0 Å². The second kappa shape index (κ2) is 3.18. The van der Waals surface area contributed by atoms with Gasteiger partial charge in [-0.05, 0) is 12.1 Å². The molecule has 0 amide bonds. The molecule has 0 bridgehead atoms. The first-order valence-corrected chi connectivity index (χ1v) is 4.51. The number of imidazole rings is 1. The number of benzene rings is 1. The molecule has 0 spiro atoms. The van der Waals surface area contributed by atoms with Gasteiger partial charge in [0.05, 0.1) is 11.0 Å². The van der Waals surface area contributed by atoms with Crippen LogP contribution in [0.2, 0.25) is 0 Å². The predicted molar refractivity (Wildman–Crippen MR) is 60.4 cm³/mol. The summed E-state index contributed by atoms with van der Waals surface area (Å²) in [5.41, 5.74) is 2.09. The molecule has 2 rings (SSSR count). The molecule has 0 unspecified atom stereocenters. The summed E-state index contributed by atoms with van der Waals surface area (Å²) in [7, 11) is 3.95. The number of hydrogen-bond acceptors (Lipinski definition) is 2. The lowest BCUT2D eigenvalue weighted by atomic mass is 10.3. The van der Waals surface area contributed by atoms with Gasteiger partial charge in [-0.3, -0.25) is 4.57 Å². The first kappa shape index (κ1) is 8.81. The highest BCUT2D eigenvalue weighted by Crippen LogP contribution is 2.20. The fourth-order valence-corrected chi connectivity index (χ4v) is 1.53. The normalized spacial score (nSPS) is 10.4. The second-order valence-electron chi connectivity index (χ2n) is 3.35. The van der Waals surface area contributed by atoms with Crippen LogP contribution in [0.4, 0.5) is 5.95 Å². The molecule has 0 atom stereocenters. The van der Waals surface area contributed by atoms with Crippen LogP contribution in [0.15, 0.2) is 30.8 Å². The van der Waals surface area contributed by atoms with Gasteiger partial charge in [0.25, 0.3) is 0 Å². The zero-order chi connectivity index (χ0) is 10.1. The summed E-state index contributed by atoms with van der Waals surface area (Å²) in [6.07, 6.45) is 1.78. The van der Waals surface area contributed by atoms with Crippen LogP contribution < -0.4 is 4.90 Å². The van der Waals surface area contributed by atoms with Crippen molar-refractivity contribution < 1.29 is 0 Å². The molecule has 0 aliphatic rings. The minimum Gasteiger partial charge on any atom is -0.348 e. The molecule has 1 aromatic heterocycles. The van der Waals surface area contributed by atoms with Gasteiger partial charge in [-0.2, -0.15) is 0 Å². The summed E-state index contributed by atoms with van der Waals surface area (Å²) in [6, 6.07) is 8.03. The van der Waals surface area contributed by atoms with Crippen molar-refractivity contribution in [3.05, 3.63) is 30.8 Å². The monoisotopic (exact) mass is 187 g/mol. The SMILES string of the molecule is C=Cn1c(N(C)C)nc2ccccc21. The molecular weight excluding hydrogens is 174 g/mol. The third-order valence-corrected chi connectivity index (χ3v) is 2.16. The van der Waals surface area contributed by atoms with Gasteiger partial charge >= 0.3 is 0 Å². The van der Waals surface area contributed by atoms with Crippen LogP contribution in [-0.4, -0.2) is 23.6 Å². The Morgan fingerprint density at radius 1 is 1.36 bits per heavy atom. The van der Waals surface area contributed by atoms with E-state index in [1.54, 1.807) is 6.20 Å². The van der Waals surface area contributed by atoms with E-state index in [4.69, 9.17) is 0 Å². The number of anilines is 1. The summed E-state index contributed by atoms with van der Waals surface area (Å²) in [6.45, 7) is 3.79. The molecule has 0 N–H and O–H groups in total. The lowest BCUT2D eigenvalue weighted by Crippen LogP contribution is -2.13. The van der Waals surface area contributed by atoms with Crippen LogP contribution in [0.3, 0.4) is 0 Å². The fraction of sp³-hybridized carbons (Fsp3) is 0.182. The average Bonchev–Trinajstić information content (AvgIpc) is 2.56. The summed E-state index contributed by atoms with van der Waals surface area (Å²) < 4.78 is 1.98. The molecule has 2 aromatic rings. The van der Waals surface area contributed by atoms with Crippen molar-refractivity contribution in [1.82, 2.24) is 9.55 Å². The molecule has 1 aromatic carbocycles. The molecule has 14 heavy (non-hydrogen) atoms. The molecule has 0 saturated heterocycles. The van der Waals surface area contributed by atoms with Crippen molar-refractivity contribution in [3.8, 4) is 0 Å². The zero-order valence-corrected chi connectivity index (χ0v) is 8.44. The van der Waals surface area contributed by atoms with E-state index in [1.807, 2.05) is 47.8 Å². The van der Waals surface area contributed by atoms with E-state index >= 15 is 0 Å². The van der Waals surface area contributed by atoms with Gasteiger partial charge in [0.15, 0.2) is 0 Å². The second-order valence-corrected chi connectivity index (χ2v) is 3.35. The Morgan fingerprint density at radius 3 is 2.71 bits per heavy atom. The van der Waals surface area contributed by atoms with E-state index in [0.717, 1.165) is 17.0 Å². The Morgan fingerprint density at radius 2 is 2.07 bits per heavy atom. The molecule has 0 aliphatic carbocycles. The van der Waals surface area contributed by atoms with Crippen molar-refractivity contribution in [2.24, 2.45) is 0 Å². The standard InChI is InChI=1S/C11H13N3/c1-4-14-10-8-6-5-7-9(10)12-11(14)13(2)3/h4-8H,1H2,2-3H3. The van der Waals surface area contributed by atoms with Crippen molar-refractivity contribution >= 4 is 23.2 Å². The Labute approximate surface area is 83.3 Å². The highest BCUT2D eigenvalue weighted by atomic mass is 15.3. The molecule has 3 nitrogen and oxygen atoms in total. The first-order valence-electron chi connectivity index (χ1n) is 4.51. The Bertz CT molecular complexity index is 468. The maximum Gasteiger partial charge on any atom is 0.210 e. The number of hydrogen-bond donors (Lipinski definition) is 0. The highest BCUT2D eigenvalue weighted by molar-refractivity contribution is 5.81. The van der Waals surface area contributed by atoms with Gasteiger partial charge < -0.3 is 4.90 Å². The Kier molecular flexibility index (Phi) is 2.00. The highest BCUT2D eigenvalue weighted by Gasteiger charge is 2.08. The van der Waals surface area contributed by atoms with Crippen LogP contribution in [0.25, 0.3) is 17.2 Å². The summed E-state index contributed by atoms with van der Waals surface area (Å²) in [5, 5.41) is 0. The number of rotatable bonds is 2. The Hall–Kier alpha value is -1.77. The number of nitrogens with zero attached hydrogens (tertiary/aromatic N) is 3. The van der Waals surface area contributed by atoms with E-state index in [0.29, 0.717) is 0 Å². The first-order chi connectivity index (χ1) is 6.74. The molecular formula is C11H13N3. The Balaban J connectivity index is 2.78. The average molecular weight is 187 g/mol. The minimum atomic E-state index is 0.904. The van der Waals surface area contributed by atoms with E-state index in [-0.39, 0.29) is 0 Å². The summed E-state index contributed by atoms with van der Waals surface area (Å²) in [5.74, 6) is 0.904. The van der Waals surface area contributed by atoms with Gasteiger partial charge in [0.2, 0.25) is 5.95 Å². The van der Waals surface area contributed by atoms with E-state index < -0.39 is 0 Å². The number of fused-ring (bicyclic) bond motifs is 1. The molecule has 0 aliphatic heterocycles. The third-order valence-electron chi connectivity index (χ3n) is 2.16. The van der Waals surface area contributed by atoms with Crippen LogP contribution in [0.1, 0.15) is 0 Å². The van der Waals surface area contributed by atoms with Crippen molar-refractivity contribution in [2.75, 3.05) is 19.0 Å². The number of para-hydroxylation sites is 2. The quantitative estimate of drug-likeness (QED) is 0.718. The molecule has 0 saturated carbocycles. The van der Waals surface area contributed by atoms with Gasteiger partial charge in [-0.25, -0.2) is 4.98 Å². The fourth-order valence-electron chi connectivity index (χ4n) is 1.53. The zero-order valence-electron chi connectivity index (χ0n) is 8.44. The largest absolute Gasteiger partial charge is 0.348 e. The molecule has 0 radical (unpaired) electrons. The van der Waals surface area contributed by atoms with Crippen LogP contribution in [0.5, 0.6) is 0 Å². The van der Waals surface area contributed by atoms with Gasteiger partial charge in [0, 0.05) is 20.3 Å². The van der Waals surface area contributed by atoms with Gasteiger partial charge in [-0.1, -0.05) is 18.7 Å². The molecule has 72 valence electrons. The van der Waals surface area contributed by atoms with Crippen molar-refractivity contribution in [2.45, 2.75) is 0 Å². The van der Waals surface area contributed by atoms with Crippen molar-refractivity contribution in [3.63, 3.8) is 0 Å². The molecule has 3 heteroatoms. The molecule has 0 fully saturated rings. The lowest BCUT2D eigenvalue weighted by Gasteiger charge is -2.11.